The number of aromatic nitrogens is 1. The molecule has 1 aromatic carbocycles. The fourth-order valence-electron chi connectivity index (χ4n) is 1.66. The molecular weight excluding hydrogens is 286 g/mol. The number of anilines is 1. The Bertz CT molecular complexity index is 625. The molecule has 0 aliphatic rings. The summed E-state index contributed by atoms with van der Waals surface area (Å²) in [6, 6.07) is 10.7. The maximum absolute atomic E-state index is 11.6. The molecule has 0 bridgehead atoms. The molecule has 0 radical (unpaired) electrons. The van der Waals surface area contributed by atoms with Crippen LogP contribution >= 0.6 is 0 Å². The number of rotatable bonds is 7. The van der Waals surface area contributed by atoms with Crippen LogP contribution in [-0.2, 0) is 9.59 Å². The summed E-state index contributed by atoms with van der Waals surface area (Å²) in [5.74, 6) is 1.06. The topological polar surface area (TPSA) is 93.5 Å². The van der Waals surface area contributed by atoms with Crippen LogP contribution in [0.5, 0.6) is 5.75 Å². The van der Waals surface area contributed by atoms with Gasteiger partial charge in [-0.2, -0.15) is 0 Å². The summed E-state index contributed by atoms with van der Waals surface area (Å²) in [7, 11) is 0. The highest BCUT2D eigenvalue weighted by Crippen LogP contribution is 2.08. The molecule has 0 aliphatic carbocycles. The molecule has 2 amide bonds. The molecule has 1 heterocycles. The molecule has 2 aromatic rings. The van der Waals surface area contributed by atoms with Crippen LogP contribution in [0.15, 0.2) is 40.9 Å². The Morgan fingerprint density at radius 2 is 2.00 bits per heavy atom. The number of amides is 2. The number of carbonyl (C=O) groups is 2. The molecule has 7 heteroatoms. The minimum atomic E-state index is -0.283. The number of para-hydroxylation sites is 1. The largest absolute Gasteiger partial charge is 0.484 e. The van der Waals surface area contributed by atoms with Crippen molar-refractivity contribution >= 4 is 17.6 Å². The first-order valence-corrected chi connectivity index (χ1v) is 6.81. The van der Waals surface area contributed by atoms with Gasteiger partial charge < -0.3 is 19.9 Å². The van der Waals surface area contributed by atoms with Crippen LogP contribution in [0.25, 0.3) is 0 Å². The van der Waals surface area contributed by atoms with Gasteiger partial charge in [-0.25, -0.2) is 0 Å². The summed E-state index contributed by atoms with van der Waals surface area (Å²) in [5.41, 5.74) is 0. The van der Waals surface area contributed by atoms with E-state index in [0.717, 1.165) is 0 Å². The van der Waals surface area contributed by atoms with Crippen molar-refractivity contribution in [2.75, 3.05) is 18.5 Å². The van der Waals surface area contributed by atoms with Gasteiger partial charge in [-0.3, -0.25) is 9.59 Å². The van der Waals surface area contributed by atoms with Crippen LogP contribution in [0.3, 0.4) is 0 Å². The Hall–Kier alpha value is -2.83. The van der Waals surface area contributed by atoms with Gasteiger partial charge in [0.2, 0.25) is 5.91 Å². The summed E-state index contributed by atoms with van der Waals surface area (Å²) < 4.78 is 10.1. The van der Waals surface area contributed by atoms with E-state index < -0.39 is 0 Å². The van der Waals surface area contributed by atoms with Crippen LogP contribution in [0.2, 0.25) is 0 Å². The van der Waals surface area contributed by atoms with Gasteiger partial charge in [-0.05, 0) is 19.1 Å². The van der Waals surface area contributed by atoms with Gasteiger partial charge in [0.05, 0.1) is 0 Å². The number of hydrogen-bond acceptors (Lipinski definition) is 5. The molecule has 0 unspecified atom stereocenters. The number of aryl methyl sites for hydroxylation is 1. The predicted octanol–water partition coefficient (Wildman–Crippen LogP) is 1.51. The summed E-state index contributed by atoms with van der Waals surface area (Å²) in [6.07, 6.45) is 0.142. The first-order chi connectivity index (χ1) is 10.6. The van der Waals surface area contributed by atoms with Crippen molar-refractivity contribution < 1.29 is 18.8 Å². The van der Waals surface area contributed by atoms with E-state index >= 15 is 0 Å². The molecule has 0 atom stereocenters. The molecule has 2 N–H and O–H groups in total. The lowest BCUT2D eigenvalue weighted by molar-refractivity contribution is -0.123. The molecule has 1 aromatic heterocycles. The van der Waals surface area contributed by atoms with Crippen LogP contribution in [0.1, 0.15) is 12.2 Å². The van der Waals surface area contributed by atoms with Crippen LogP contribution < -0.4 is 15.4 Å². The van der Waals surface area contributed by atoms with E-state index in [0.29, 0.717) is 17.3 Å². The third kappa shape index (κ3) is 5.28. The Labute approximate surface area is 127 Å². The lowest BCUT2D eigenvalue weighted by atomic mass is 10.3. The molecule has 22 heavy (non-hydrogen) atoms. The van der Waals surface area contributed by atoms with Crippen LogP contribution in [-0.4, -0.2) is 30.1 Å². The van der Waals surface area contributed by atoms with Gasteiger partial charge in [0.1, 0.15) is 11.5 Å². The molecule has 0 saturated heterocycles. The number of carbonyl (C=O) groups excluding carboxylic acids is 2. The Morgan fingerprint density at radius 1 is 1.23 bits per heavy atom. The smallest absolute Gasteiger partial charge is 0.257 e. The van der Waals surface area contributed by atoms with E-state index in [4.69, 9.17) is 9.26 Å². The average Bonchev–Trinajstić information content (AvgIpc) is 2.91. The van der Waals surface area contributed by atoms with Gasteiger partial charge in [0.25, 0.3) is 5.91 Å². The van der Waals surface area contributed by atoms with Gasteiger partial charge in [0, 0.05) is 19.0 Å². The highest BCUT2D eigenvalue weighted by Gasteiger charge is 2.07. The fraction of sp³-hybridized carbons (Fsp3) is 0.267. The number of nitrogens with one attached hydrogen (secondary N) is 2. The minimum Gasteiger partial charge on any atom is -0.484 e. The zero-order valence-corrected chi connectivity index (χ0v) is 12.2. The van der Waals surface area contributed by atoms with Gasteiger partial charge >= 0.3 is 0 Å². The van der Waals surface area contributed by atoms with E-state index in [-0.39, 0.29) is 31.4 Å². The molecule has 7 nitrogen and oxygen atoms in total. The summed E-state index contributed by atoms with van der Waals surface area (Å²) in [4.78, 5) is 23.2. The standard InChI is InChI=1S/C15H17N3O4/c1-11-9-13(18-22-11)17-14(19)7-8-16-15(20)10-21-12-5-3-2-4-6-12/h2-6,9H,7-8,10H2,1H3,(H,16,20)(H,17,18,19). The van der Waals surface area contributed by atoms with E-state index in [1.165, 1.54) is 0 Å². The van der Waals surface area contributed by atoms with Crippen LogP contribution in [0, 0.1) is 6.92 Å². The number of ether oxygens (including phenoxy) is 1. The average molecular weight is 303 g/mol. The van der Waals surface area contributed by atoms with Crippen molar-refractivity contribution in [2.24, 2.45) is 0 Å². The molecule has 116 valence electrons. The summed E-state index contributed by atoms with van der Waals surface area (Å²) in [5, 5.41) is 8.82. The van der Waals surface area contributed by atoms with Crippen molar-refractivity contribution in [1.82, 2.24) is 10.5 Å². The highest BCUT2D eigenvalue weighted by molar-refractivity contribution is 5.90. The highest BCUT2D eigenvalue weighted by atomic mass is 16.5. The second-order valence-corrected chi connectivity index (χ2v) is 4.57. The van der Waals surface area contributed by atoms with Crippen molar-refractivity contribution in [3.05, 3.63) is 42.2 Å². The second kappa shape index (κ2) is 7.82. The third-order valence-electron chi connectivity index (χ3n) is 2.68. The molecular formula is C15H17N3O4. The Kier molecular flexibility index (Phi) is 5.53. The maximum atomic E-state index is 11.6. The van der Waals surface area contributed by atoms with Gasteiger partial charge in [-0.15, -0.1) is 0 Å². The molecule has 0 aliphatic heterocycles. The number of nitrogens with zero attached hydrogens (tertiary/aromatic N) is 1. The van der Waals surface area contributed by atoms with Crippen molar-refractivity contribution in [3.63, 3.8) is 0 Å². The van der Waals surface area contributed by atoms with Crippen molar-refractivity contribution in [1.29, 1.82) is 0 Å². The quantitative estimate of drug-likeness (QED) is 0.808. The van der Waals surface area contributed by atoms with E-state index in [9.17, 15) is 9.59 Å². The maximum Gasteiger partial charge on any atom is 0.257 e. The molecule has 0 fully saturated rings. The van der Waals surface area contributed by atoms with Crippen molar-refractivity contribution in [3.8, 4) is 5.75 Å². The lowest BCUT2D eigenvalue weighted by Gasteiger charge is -2.07. The zero-order valence-electron chi connectivity index (χ0n) is 12.2. The lowest BCUT2D eigenvalue weighted by Crippen LogP contribution is -2.31. The third-order valence-corrected chi connectivity index (χ3v) is 2.68. The first-order valence-electron chi connectivity index (χ1n) is 6.81. The predicted molar refractivity (Wildman–Crippen MR) is 79.4 cm³/mol. The van der Waals surface area contributed by atoms with E-state index in [1.807, 2.05) is 18.2 Å². The zero-order chi connectivity index (χ0) is 15.8. The normalized spacial score (nSPS) is 10.0. The van der Waals surface area contributed by atoms with Gasteiger partial charge in [0.15, 0.2) is 12.4 Å². The van der Waals surface area contributed by atoms with E-state index in [1.54, 1.807) is 25.1 Å². The molecule has 2 rings (SSSR count). The van der Waals surface area contributed by atoms with Crippen LogP contribution in [0.4, 0.5) is 5.82 Å². The summed E-state index contributed by atoms with van der Waals surface area (Å²) >= 11 is 0. The Morgan fingerprint density at radius 3 is 2.68 bits per heavy atom. The fourth-order valence-corrected chi connectivity index (χ4v) is 1.66. The minimum absolute atomic E-state index is 0.0892. The number of hydrogen-bond donors (Lipinski definition) is 2. The molecule has 0 saturated carbocycles. The Balaban J connectivity index is 1.61. The van der Waals surface area contributed by atoms with E-state index in [2.05, 4.69) is 15.8 Å². The second-order valence-electron chi connectivity index (χ2n) is 4.57. The molecule has 0 spiro atoms. The van der Waals surface area contributed by atoms with Gasteiger partial charge in [-0.1, -0.05) is 23.4 Å². The SMILES string of the molecule is Cc1cc(NC(=O)CCNC(=O)COc2ccccc2)no1. The van der Waals surface area contributed by atoms with Crippen molar-refractivity contribution in [2.45, 2.75) is 13.3 Å². The summed E-state index contributed by atoms with van der Waals surface area (Å²) in [6.45, 7) is 1.86. The monoisotopic (exact) mass is 303 g/mol. The first kappa shape index (κ1) is 15.6. The number of benzene rings is 1.